The summed E-state index contributed by atoms with van der Waals surface area (Å²) in [6, 6.07) is 0.817. The predicted molar refractivity (Wildman–Crippen MR) is 114 cm³/mol. The zero-order chi connectivity index (χ0) is 21.1. The number of likely N-dealkylation sites (tertiary alicyclic amines) is 2. The van der Waals surface area contributed by atoms with Gasteiger partial charge in [0, 0.05) is 57.5 Å². The Labute approximate surface area is 179 Å². The molecule has 166 valence electrons. The molecule has 0 radical (unpaired) electrons. The topological polar surface area (TPSA) is 62.3 Å². The number of allylic oxidation sites excluding steroid dienone is 1. The zero-order valence-corrected chi connectivity index (χ0v) is 18.3. The van der Waals surface area contributed by atoms with Gasteiger partial charge in [0.1, 0.15) is 0 Å². The Hall–Kier alpha value is -1.86. The molecule has 0 saturated carbocycles. The van der Waals surface area contributed by atoms with Crippen LogP contribution in [0.2, 0.25) is 0 Å². The van der Waals surface area contributed by atoms with Crippen molar-refractivity contribution in [2.45, 2.75) is 70.1 Å². The Kier molecular flexibility index (Phi) is 6.78. The molecule has 7 heteroatoms. The number of hydrogen-bond donors (Lipinski definition) is 0. The van der Waals surface area contributed by atoms with Crippen LogP contribution in [0.3, 0.4) is 0 Å². The number of piperidine rings is 1. The van der Waals surface area contributed by atoms with E-state index in [0.29, 0.717) is 25.1 Å². The number of nitrogens with zero attached hydrogens (tertiary/aromatic N) is 3. The molecule has 7 nitrogen and oxygen atoms in total. The minimum Gasteiger partial charge on any atom is -0.450 e. The molecule has 0 aromatic carbocycles. The van der Waals surface area contributed by atoms with Gasteiger partial charge in [-0.1, -0.05) is 12.2 Å². The molecule has 0 aromatic heterocycles. The lowest BCUT2D eigenvalue weighted by atomic mass is 9.97. The number of carbonyl (C=O) groups excluding carboxylic acids is 2. The molecule has 4 aliphatic rings. The first-order valence-corrected chi connectivity index (χ1v) is 11.5. The summed E-state index contributed by atoms with van der Waals surface area (Å²) in [6.07, 6.45) is 10.6. The zero-order valence-electron chi connectivity index (χ0n) is 18.3. The van der Waals surface area contributed by atoms with Crippen molar-refractivity contribution in [3.8, 4) is 0 Å². The van der Waals surface area contributed by atoms with Crippen LogP contribution < -0.4 is 0 Å². The standard InChI is InChI=1S/C23H35N3O4/c1-3-30-23(28)25-11-4-5-18(8-14-25)24-12-9-19(10-13-24)26-21-16-20(29-2)7-6-17(21)15-22(26)27/h6-7,18-20H,3-5,8-16H2,1-2H3. The highest BCUT2D eigenvalue weighted by molar-refractivity contribution is 5.86. The molecule has 2 fully saturated rings. The van der Waals surface area contributed by atoms with Gasteiger partial charge in [0.05, 0.1) is 19.1 Å². The molecule has 4 rings (SSSR count). The van der Waals surface area contributed by atoms with Gasteiger partial charge in [0.2, 0.25) is 5.91 Å². The second-order valence-electron chi connectivity index (χ2n) is 8.79. The van der Waals surface area contributed by atoms with Crippen molar-refractivity contribution in [2.75, 3.05) is 39.9 Å². The Morgan fingerprint density at radius 1 is 1.10 bits per heavy atom. The Bertz CT molecular complexity index is 711. The third kappa shape index (κ3) is 4.42. The summed E-state index contributed by atoms with van der Waals surface area (Å²) in [7, 11) is 1.73. The van der Waals surface area contributed by atoms with Crippen LogP contribution in [0.25, 0.3) is 0 Å². The number of hydrogen-bond acceptors (Lipinski definition) is 5. The van der Waals surface area contributed by atoms with Crippen LogP contribution in [0.5, 0.6) is 0 Å². The molecule has 2 unspecified atom stereocenters. The highest BCUT2D eigenvalue weighted by Crippen LogP contribution is 2.37. The number of methoxy groups -OCH3 is 1. The number of ether oxygens (including phenoxy) is 2. The van der Waals surface area contributed by atoms with Crippen LogP contribution in [0.4, 0.5) is 4.79 Å². The first-order valence-electron chi connectivity index (χ1n) is 11.5. The van der Waals surface area contributed by atoms with E-state index in [0.717, 1.165) is 64.7 Å². The largest absolute Gasteiger partial charge is 0.450 e. The smallest absolute Gasteiger partial charge is 0.409 e. The molecule has 2 atom stereocenters. The van der Waals surface area contributed by atoms with E-state index in [1.807, 2.05) is 11.8 Å². The summed E-state index contributed by atoms with van der Waals surface area (Å²) in [5, 5.41) is 0. The van der Waals surface area contributed by atoms with Gasteiger partial charge in [-0.3, -0.25) is 4.79 Å². The number of amides is 2. The minimum absolute atomic E-state index is 0.0746. The summed E-state index contributed by atoms with van der Waals surface area (Å²) in [6.45, 7) is 5.88. The van der Waals surface area contributed by atoms with Crippen molar-refractivity contribution in [1.29, 1.82) is 0 Å². The third-order valence-corrected chi connectivity index (χ3v) is 7.09. The first kappa shape index (κ1) is 21.4. The maximum absolute atomic E-state index is 12.8. The van der Waals surface area contributed by atoms with E-state index in [2.05, 4.69) is 22.0 Å². The molecular formula is C23H35N3O4. The molecule has 3 aliphatic heterocycles. The van der Waals surface area contributed by atoms with Gasteiger partial charge in [0.25, 0.3) is 0 Å². The molecule has 30 heavy (non-hydrogen) atoms. The van der Waals surface area contributed by atoms with E-state index in [1.165, 1.54) is 11.3 Å². The second kappa shape index (κ2) is 9.52. The predicted octanol–water partition coefficient (Wildman–Crippen LogP) is 2.92. The van der Waals surface area contributed by atoms with Crippen molar-refractivity contribution in [2.24, 2.45) is 0 Å². The lowest BCUT2D eigenvalue weighted by molar-refractivity contribution is -0.130. The van der Waals surface area contributed by atoms with E-state index in [1.54, 1.807) is 7.11 Å². The van der Waals surface area contributed by atoms with Crippen molar-refractivity contribution >= 4 is 12.0 Å². The van der Waals surface area contributed by atoms with Crippen LogP contribution in [0.15, 0.2) is 23.4 Å². The number of carbonyl (C=O) groups is 2. The molecule has 2 amide bonds. The van der Waals surface area contributed by atoms with Gasteiger partial charge in [0.15, 0.2) is 0 Å². The van der Waals surface area contributed by atoms with Gasteiger partial charge in [-0.25, -0.2) is 4.79 Å². The Balaban J connectivity index is 1.32. The van der Waals surface area contributed by atoms with Crippen molar-refractivity contribution in [1.82, 2.24) is 14.7 Å². The highest BCUT2D eigenvalue weighted by atomic mass is 16.6. The summed E-state index contributed by atoms with van der Waals surface area (Å²) in [5.41, 5.74) is 2.37. The summed E-state index contributed by atoms with van der Waals surface area (Å²) < 4.78 is 10.7. The van der Waals surface area contributed by atoms with Gasteiger partial charge >= 0.3 is 6.09 Å². The fourth-order valence-corrected chi connectivity index (χ4v) is 5.46. The molecule has 0 N–H and O–H groups in total. The molecule has 1 aliphatic carbocycles. The Morgan fingerprint density at radius 3 is 2.60 bits per heavy atom. The molecule has 0 spiro atoms. The van der Waals surface area contributed by atoms with Crippen LogP contribution in [0, 0.1) is 0 Å². The molecular weight excluding hydrogens is 382 g/mol. The summed E-state index contributed by atoms with van der Waals surface area (Å²) >= 11 is 0. The fourth-order valence-electron chi connectivity index (χ4n) is 5.46. The summed E-state index contributed by atoms with van der Waals surface area (Å²) in [4.78, 5) is 31.3. The highest BCUT2D eigenvalue weighted by Gasteiger charge is 2.38. The SMILES string of the molecule is CCOC(=O)N1CCCC(N2CCC(N3C(=O)CC4=C3CC(OC)C=C4)CC2)CC1. The normalized spacial score (nSPS) is 28.7. The lowest BCUT2D eigenvalue weighted by Gasteiger charge is -2.41. The maximum Gasteiger partial charge on any atom is 0.409 e. The van der Waals surface area contributed by atoms with Crippen LogP contribution in [-0.2, 0) is 14.3 Å². The fraction of sp³-hybridized carbons (Fsp3) is 0.739. The van der Waals surface area contributed by atoms with Crippen molar-refractivity contribution in [3.05, 3.63) is 23.4 Å². The molecule has 3 heterocycles. The first-order chi connectivity index (χ1) is 14.6. The van der Waals surface area contributed by atoms with Crippen LogP contribution >= 0.6 is 0 Å². The third-order valence-electron chi connectivity index (χ3n) is 7.09. The van der Waals surface area contributed by atoms with Gasteiger partial charge in [-0.2, -0.15) is 0 Å². The summed E-state index contributed by atoms with van der Waals surface area (Å²) in [5.74, 6) is 0.249. The quantitative estimate of drug-likeness (QED) is 0.704. The molecule has 0 bridgehead atoms. The lowest BCUT2D eigenvalue weighted by Crippen LogP contribution is -2.49. The second-order valence-corrected chi connectivity index (χ2v) is 8.79. The van der Waals surface area contributed by atoms with Gasteiger partial charge in [-0.15, -0.1) is 0 Å². The van der Waals surface area contributed by atoms with E-state index in [9.17, 15) is 9.59 Å². The Morgan fingerprint density at radius 2 is 1.87 bits per heavy atom. The maximum atomic E-state index is 12.8. The van der Waals surface area contributed by atoms with Crippen LogP contribution in [0.1, 0.15) is 51.9 Å². The van der Waals surface area contributed by atoms with Crippen molar-refractivity contribution in [3.63, 3.8) is 0 Å². The average molecular weight is 418 g/mol. The molecule has 0 aromatic rings. The minimum atomic E-state index is -0.177. The van der Waals surface area contributed by atoms with Gasteiger partial charge in [-0.05, 0) is 44.6 Å². The van der Waals surface area contributed by atoms with E-state index < -0.39 is 0 Å². The van der Waals surface area contributed by atoms with E-state index in [4.69, 9.17) is 9.47 Å². The monoisotopic (exact) mass is 417 g/mol. The van der Waals surface area contributed by atoms with E-state index >= 15 is 0 Å². The number of rotatable bonds is 4. The van der Waals surface area contributed by atoms with Crippen molar-refractivity contribution < 1.29 is 19.1 Å². The van der Waals surface area contributed by atoms with Crippen LogP contribution in [-0.4, -0.2) is 84.8 Å². The van der Waals surface area contributed by atoms with Gasteiger partial charge < -0.3 is 24.2 Å². The average Bonchev–Trinajstić information content (AvgIpc) is 2.92. The van der Waals surface area contributed by atoms with E-state index in [-0.39, 0.29) is 18.1 Å². The molecule has 2 saturated heterocycles.